The van der Waals surface area contributed by atoms with Gasteiger partial charge in [-0.15, -0.1) is 0 Å². The van der Waals surface area contributed by atoms with Gasteiger partial charge < -0.3 is 10.3 Å². The lowest BCUT2D eigenvalue weighted by Crippen LogP contribution is -2.42. The highest BCUT2D eigenvalue weighted by atomic mass is 16.5. The molecule has 0 atom stereocenters. The summed E-state index contributed by atoms with van der Waals surface area (Å²) in [6, 6.07) is 1.72. The van der Waals surface area contributed by atoms with Crippen LogP contribution < -0.4 is 11.1 Å². The van der Waals surface area contributed by atoms with Gasteiger partial charge in [0.25, 0.3) is 0 Å². The van der Waals surface area contributed by atoms with Crippen molar-refractivity contribution in [1.82, 2.24) is 5.16 Å². The Morgan fingerprint density at radius 3 is 2.61 bits per heavy atom. The minimum Gasteiger partial charge on any atom is -0.338 e. The van der Waals surface area contributed by atoms with Gasteiger partial charge in [-0.25, -0.2) is 0 Å². The highest BCUT2D eigenvalue weighted by molar-refractivity contribution is 5.94. The highest BCUT2D eigenvalue weighted by Crippen LogP contribution is 2.35. The van der Waals surface area contributed by atoms with Crippen molar-refractivity contribution in [2.75, 3.05) is 11.9 Å². The normalized spacial score (nSPS) is 19.2. The Morgan fingerprint density at radius 2 is 2.11 bits per heavy atom. The van der Waals surface area contributed by atoms with Crippen LogP contribution in [0, 0.1) is 12.3 Å². The lowest BCUT2D eigenvalue weighted by Gasteiger charge is -2.29. The molecule has 0 unspecified atom stereocenters. The zero-order valence-corrected chi connectivity index (χ0v) is 10.9. The first-order chi connectivity index (χ1) is 8.66. The van der Waals surface area contributed by atoms with Crippen molar-refractivity contribution in [3.05, 3.63) is 11.8 Å². The third-order valence-corrected chi connectivity index (χ3v) is 3.80. The van der Waals surface area contributed by atoms with Gasteiger partial charge >= 0.3 is 0 Å². The molecular weight excluding hydrogens is 230 g/mol. The van der Waals surface area contributed by atoms with Crippen molar-refractivity contribution in [1.29, 1.82) is 0 Å². The van der Waals surface area contributed by atoms with Gasteiger partial charge in [-0.05, 0) is 19.8 Å². The Balaban J connectivity index is 2.08. The fourth-order valence-electron chi connectivity index (χ4n) is 2.60. The van der Waals surface area contributed by atoms with Gasteiger partial charge in [0.1, 0.15) is 0 Å². The van der Waals surface area contributed by atoms with Crippen LogP contribution in [0.4, 0.5) is 5.88 Å². The van der Waals surface area contributed by atoms with Crippen molar-refractivity contribution in [3.8, 4) is 0 Å². The number of nitrogens with two attached hydrogens (primary N) is 1. The number of amides is 1. The van der Waals surface area contributed by atoms with Gasteiger partial charge in [0.15, 0.2) is 0 Å². The van der Waals surface area contributed by atoms with E-state index in [2.05, 4.69) is 10.5 Å². The number of anilines is 1. The van der Waals surface area contributed by atoms with Crippen LogP contribution in [0.1, 0.15) is 44.2 Å². The van der Waals surface area contributed by atoms with E-state index < -0.39 is 5.41 Å². The maximum absolute atomic E-state index is 12.4. The SMILES string of the molecule is Cc1cc(NC(=O)C2(CN)CCCCCC2)on1. The number of hydrogen-bond acceptors (Lipinski definition) is 4. The Kier molecular flexibility index (Phi) is 4.01. The molecule has 1 amide bonds. The molecule has 100 valence electrons. The van der Waals surface area contributed by atoms with Crippen LogP contribution in [-0.4, -0.2) is 17.6 Å². The van der Waals surface area contributed by atoms with Crippen LogP contribution in [0.2, 0.25) is 0 Å². The average molecular weight is 251 g/mol. The Bertz CT molecular complexity index is 406. The van der Waals surface area contributed by atoms with Gasteiger partial charge in [-0.3, -0.25) is 10.1 Å². The molecule has 1 aliphatic carbocycles. The Hall–Kier alpha value is -1.36. The quantitative estimate of drug-likeness (QED) is 0.807. The van der Waals surface area contributed by atoms with E-state index in [0.29, 0.717) is 12.4 Å². The number of carbonyl (C=O) groups excluding carboxylic acids is 1. The second kappa shape index (κ2) is 5.52. The van der Waals surface area contributed by atoms with Crippen molar-refractivity contribution in [2.24, 2.45) is 11.1 Å². The minimum atomic E-state index is -0.433. The number of nitrogens with zero attached hydrogens (tertiary/aromatic N) is 1. The molecule has 0 spiro atoms. The van der Waals surface area contributed by atoms with E-state index in [-0.39, 0.29) is 5.91 Å². The standard InChI is InChI=1S/C13H21N3O2/c1-10-8-11(18-16-10)15-12(17)13(9-14)6-4-2-3-5-7-13/h8H,2-7,9,14H2,1H3,(H,15,17). The number of aryl methyl sites for hydroxylation is 1. The maximum atomic E-state index is 12.4. The first-order valence-electron chi connectivity index (χ1n) is 6.61. The van der Waals surface area contributed by atoms with Crippen LogP contribution in [0.25, 0.3) is 0 Å². The number of nitrogens with one attached hydrogen (secondary N) is 1. The smallest absolute Gasteiger partial charge is 0.234 e. The van der Waals surface area contributed by atoms with E-state index in [0.717, 1.165) is 31.4 Å². The monoisotopic (exact) mass is 251 g/mol. The van der Waals surface area contributed by atoms with Crippen LogP contribution >= 0.6 is 0 Å². The molecule has 1 aliphatic rings. The van der Waals surface area contributed by atoms with E-state index in [9.17, 15) is 4.79 Å². The first-order valence-corrected chi connectivity index (χ1v) is 6.61. The maximum Gasteiger partial charge on any atom is 0.234 e. The summed E-state index contributed by atoms with van der Waals surface area (Å²) < 4.78 is 5.02. The molecule has 0 saturated heterocycles. The topological polar surface area (TPSA) is 81.2 Å². The van der Waals surface area contributed by atoms with Gasteiger partial charge in [-0.2, -0.15) is 0 Å². The number of aromatic nitrogens is 1. The highest BCUT2D eigenvalue weighted by Gasteiger charge is 2.37. The molecule has 0 aromatic carbocycles. The average Bonchev–Trinajstić information content (AvgIpc) is 2.65. The second-order valence-corrected chi connectivity index (χ2v) is 5.19. The molecule has 5 heteroatoms. The third kappa shape index (κ3) is 2.72. The second-order valence-electron chi connectivity index (χ2n) is 5.19. The summed E-state index contributed by atoms with van der Waals surface area (Å²) in [6.45, 7) is 2.22. The molecule has 1 fully saturated rings. The summed E-state index contributed by atoms with van der Waals surface area (Å²) in [4.78, 5) is 12.4. The van der Waals surface area contributed by atoms with E-state index >= 15 is 0 Å². The van der Waals surface area contributed by atoms with Gasteiger partial charge in [0.05, 0.1) is 11.1 Å². The fraction of sp³-hybridized carbons (Fsp3) is 0.692. The Morgan fingerprint density at radius 1 is 1.44 bits per heavy atom. The largest absolute Gasteiger partial charge is 0.338 e. The summed E-state index contributed by atoms with van der Waals surface area (Å²) in [7, 11) is 0. The molecule has 1 aromatic rings. The lowest BCUT2D eigenvalue weighted by atomic mass is 9.79. The molecule has 0 bridgehead atoms. The van der Waals surface area contributed by atoms with Gasteiger partial charge in [0, 0.05) is 12.6 Å². The molecule has 0 aliphatic heterocycles. The van der Waals surface area contributed by atoms with Gasteiger partial charge in [0.2, 0.25) is 11.8 Å². The summed E-state index contributed by atoms with van der Waals surface area (Å²) in [5, 5.41) is 6.56. The van der Waals surface area contributed by atoms with Crippen molar-refractivity contribution in [2.45, 2.75) is 45.4 Å². The molecule has 3 N–H and O–H groups in total. The van der Waals surface area contributed by atoms with E-state index in [1.54, 1.807) is 6.07 Å². The summed E-state index contributed by atoms with van der Waals surface area (Å²) in [5.74, 6) is 0.387. The molecule has 1 heterocycles. The number of hydrogen-bond donors (Lipinski definition) is 2. The molecule has 1 saturated carbocycles. The van der Waals surface area contributed by atoms with Crippen molar-refractivity contribution < 1.29 is 9.32 Å². The minimum absolute atomic E-state index is 0.0250. The zero-order chi connectivity index (χ0) is 13.0. The van der Waals surface area contributed by atoms with Crippen molar-refractivity contribution >= 4 is 11.8 Å². The Labute approximate surface area is 107 Å². The predicted molar refractivity (Wildman–Crippen MR) is 69.1 cm³/mol. The molecule has 2 rings (SSSR count). The number of carbonyl (C=O) groups is 1. The predicted octanol–water partition coefficient (Wildman–Crippen LogP) is 2.22. The third-order valence-electron chi connectivity index (χ3n) is 3.80. The fourth-order valence-corrected chi connectivity index (χ4v) is 2.60. The molecule has 0 radical (unpaired) electrons. The first kappa shape index (κ1) is 13.1. The van der Waals surface area contributed by atoms with Crippen molar-refractivity contribution in [3.63, 3.8) is 0 Å². The number of rotatable bonds is 3. The summed E-state index contributed by atoms with van der Waals surface area (Å²) in [6.07, 6.45) is 6.25. The zero-order valence-electron chi connectivity index (χ0n) is 10.9. The van der Waals surface area contributed by atoms with Crippen LogP contribution in [0.3, 0.4) is 0 Å². The van der Waals surface area contributed by atoms with E-state index in [1.165, 1.54) is 12.8 Å². The van der Waals surface area contributed by atoms with Crippen LogP contribution in [0.5, 0.6) is 0 Å². The summed E-state index contributed by atoms with van der Waals surface area (Å²) in [5.41, 5.74) is 6.18. The molecular formula is C13H21N3O2. The summed E-state index contributed by atoms with van der Waals surface area (Å²) >= 11 is 0. The van der Waals surface area contributed by atoms with Gasteiger partial charge in [-0.1, -0.05) is 30.8 Å². The molecule has 5 nitrogen and oxygen atoms in total. The molecule has 18 heavy (non-hydrogen) atoms. The van der Waals surface area contributed by atoms with Crippen LogP contribution in [0.15, 0.2) is 10.6 Å². The van der Waals surface area contributed by atoms with E-state index in [4.69, 9.17) is 10.3 Å². The molecule has 1 aromatic heterocycles. The lowest BCUT2D eigenvalue weighted by molar-refractivity contribution is -0.126. The van der Waals surface area contributed by atoms with Crippen LogP contribution in [-0.2, 0) is 4.79 Å². The van der Waals surface area contributed by atoms with E-state index in [1.807, 2.05) is 6.92 Å².